The molecule has 5 heterocycles. The summed E-state index contributed by atoms with van der Waals surface area (Å²) in [6.07, 6.45) is 0.328. The molecule has 6 rings (SSSR count). The minimum absolute atomic E-state index is 0.00915. The smallest absolute Gasteiger partial charge is 0.335 e. The Kier molecular flexibility index (Phi) is 15.4. The van der Waals surface area contributed by atoms with Crippen LogP contribution in [0.2, 0.25) is 22.2 Å². The minimum Gasteiger partial charge on any atom is -0.474 e. The normalized spacial score (nSPS) is 28.1. The predicted molar refractivity (Wildman–Crippen MR) is 225 cm³/mol. The lowest BCUT2D eigenvalue weighted by Gasteiger charge is -2.51. The van der Waals surface area contributed by atoms with Gasteiger partial charge in [-0.1, -0.05) is 55.4 Å². The second-order valence-electron chi connectivity index (χ2n) is 16.4. The highest BCUT2D eigenvalue weighted by atomic mass is 32.5. The average molecular weight is 933 g/mol. The summed E-state index contributed by atoms with van der Waals surface area (Å²) in [4.78, 5) is 37.5. The van der Waals surface area contributed by atoms with Crippen LogP contribution in [0.1, 0.15) is 80.9 Å². The number of hydrogen-bond donors (Lipinski definition) is 2. The van der Waals surface area contributed by atoms with Gasteiger partial charge in [-0.2, -0.15) is 5.26 Å². The maximum atomic E-state index is 15.7. The molecule has 2 unspecified atom stereocenters. The monoisotopic (exact) mass is 932 g/mol. The van der Waals surface area contributed by atoms with Gasteiger partial charge < -0.3 is 50.5 Å². The fraction of sp³-hybridized carbons (Fsp3) is 0.694. The molecule has 0 bridgehead atoms. The maximum Gasteiger partial charge on any atom is 0.335 e. The van der Waals surface area contributed by atoms with E-state index in [0.717, 1.165) is 6.20 Å². The highest BCUT2D eigenvalue weighted by molar-refractivity contribution is 8.07. The highest BCUT2D eigenvalue weighted by Gasteiger charge is 2.63. The van der Waals surface area contributed by atoms with Gasteiger partial charge in [0.2, 0.25) is 5.88 Å². The summed E-state index contributed by atoms with van der Waals surface area (Å²) in [5.74, 6) is -1.03. The summed E-state index contributed by atoms with van der Waals surface area (Å²) >= 11 is 6.12. The van der Waals surface area contributed by atoms with Crippen molar-refractivity contribution in [1.29, 1.82) is 5.26 Å². The van der Waals surface area contributed by atoms with Crippen molar-refractivity contribution in [1.82, 2.24) is 24.5 Å². The van der Waals surface area contributed by atoms with Crippen LogP contribution in [0.15, 0.2) is 35.9 Å². The number of hydrogen-bond acceptors (Lipinski definition) is 16. The van der Waals surface area contributed by atoms with Crippen molar-refractivity contribution < 1.29 is 54.4 Å². The van der Waals surface area contributed by atoms with Crippen molar-refractivity contribution in [3.8, 4) is 11.9 Å². The topological polar surface area (TPSA) is 221 Å². The molecule has 60 heavy (non-hydrogen) atoms. The standard InChI is InChI=1S/C36H55FN6O12P2SSi2/c1-21(2)59(22(3)4)49-18-29-32(54-60(55-59,23(5)6)24(7)8)33(36(51-29)43-16-27(37)31-34(43)41-20-42-35(31)44)53-57(58,47-13-9-11-38)48-17-25-14-26(15-28(25)52-56(45)46)50-30-10-12-39-19-40-30/h10,12,16,19-26,28-29,32-33,36,56H,9,13-15,17-18H2,1-8H3,(H,45,46)(H,41,42,44)/t25-,26-,28+,29-,32-,33-,36-,57?/m1/s1. The zero-order valence-corrected chi connectivity index (χ0v) is 39.6. The summed E-state index contributed by atoms with van der Waals surface area (Å²) in [5.41, 5.74) is -0.790. The number of halogens is 1. The zero-order chi connectivity index (χ0) is 43.6. The van der Waals surface area contributed by atoms with E-state index in [1.54, 1.807) is 6.07 Å². The van der Waals surface area contributed by atoms with Gasteiger partial charge in [-0.3, -0.25) is 13.9 Å². The number of ether oxygens (including phenoxy) is 2. The van der Waals surface area contributed by atoms with Crippen molar-refractivity contribution in [2.45, 2.75) is 134 Å². The third-order valence-corrected chi connectivity index (χ3v) is 24.4. The van der Waals surface area contributed by atoms with E-state index in [1.165, 1.54) is 23.4 Å². The van der Waals surface area contributed by atoms with Gasteiger partial charge in [0.25, 0.3) is 5.56 Å². The lowest BCUT2D eigenvalue weighted by Crippen LogP contribution is -2.65. The third-order valence-electron chi connectivity index (χ3n) is 11.3. The molecule has 3 aromatic heterocycles. The van der Waals surface area contributed by atoms with E-state index in [0.29, 0.717) is 12.3 Å². The number of rotatable bonds is 17. The van der Waals surface area contributed by atoms with Crippen LogP contribution in [0.25, 0.3) is 11.0 Å². The van der Waals surface area contributed by atoms with Gasteiger partial charge in [0.1, 0.15) is 36.1 Å². The number of nitriles is 1. The fourth-order valence-electron chi connectivity index (χ4n) is 8.44. The average Bonchev–Trinajstić information content (AvgIpc) is 3.82. The number of fused-ring (bicyclic) bond motifs is 2. The summed E-state index contributed by atoms with van der Waals surface area (Å²) < 4.78 is 88.6. The Hall–Kier alpha value is -2.33. The van der Waals surface area contributed by atoms with Crippen LogP contribution in [0.5, 0.6) is 5.88 Å². The molecule has 1 saturated carbocycles. The van der Waals surface area contributed by atoms with Gasteiger partial charge in [-0.25, -0.2) is 19.3 Å². The van der Waals surface area contributed by atoms with Crippen LogP contribution in [-0.4, -0.2) is 96.9 Å². The Bertz CT molecular complexity index is 2100. The first-order valence-electron chi connectivity index (χ1n) is 20.1. The Labute approximate surface area is 356 Å². The number of H-pyrrole nitrogens is 1. The zero-order valence-electron chi connectivity index (χ0n) is 34.9. The van der Waals surface area contributed by atoms with Crippen LogP contribution in [-0.2, 0) is 52.2 Å². The number of aromatic nitrogens is 5. The molecule has 0 aromatic carbocycles. The largest absolute Gasteiger partial charge is 0.474 e. The fourth-order valence-corrected chi connectivity index (χ4v) is 22.3. The van der Waals surface area contributed by atoms with Crippen LogP contribution < -0.4 is 10.3 Å². The van der Waals surface area contributed by atoms with Crippen molar-refractivity contribution in [3.05, 3.63) is 47.3 Å². The molecule has 2 aliphatic heterocycles. The molecule has 3 aromatic rings. The molecule has 2 saturated heterocycles. The maximum absolute atomic E-state index is 15.7. The second kappa shape index (κ2) is 19.6. The molecule has 24 heteroatoms. The Morgan fingerprint density at radius 1 is 1.12 bits per heavy atom. The molecule has 3 aliphatic rings. The quantitative estimate of drug-likeness (QED) is 0.0818. The SMILES string of the molecule is CC(C)[Si]1(C(C)C)OC[C@H]2O[C@@H](n3cc(F)c4c(=O)[nH]cnc43)[C@H](OP(=S)(OCCC#N)OC[C@H]3C[C@@H](Oc4ccncn4)C[C@@H]3O[PH](=O)O)[C@@H]2O[Si](C(C)C)(C(C)C)O1. The molecule has 1 aliphatic carbocycles. The minimum atomic E-state index is -3.93. The Morgan fingerprint density at radius 2 is 1.83 bits per heavy atom. The Balaban J connectivity index is 1.41. The summed E-state index contributed by atoms with van der Waals surface area (Å²) in [5, 5.41) is 9.19. The van der Waals surface area contributed by atoms with Crippen molar-refractivity contribution in [3.63, 3.8) is 0 Å². The summed E-state index contributed by atoms with van der Waals surface area (Å²) in [6, 6.07) is 3.64. The van der Waals surface area contributed by atoms with E-state index in [-0.39, 0.29) is 65.9 Å². The molecule has 0 spiro atoms. The lowest BCUT2D eigenvalue weighted by atomic mass is 10.1. The van der Waals surface area contributed by atoms with Crippen LogP contribution >= 0.6 is 15.0 Å². The van der Waals surface area contributed by atoms with E-state index in [9.17, 15) is 19.5 Å². The first-order valence-corrected chi connectivity index (χ1v) is 27.9. The van der Waals surface area contributed by atoms with E-state index < -0.39 is 86.1 Å². The van der Waals surface area contributed by atoms with E-state index in [1.807, 2.05) is 6.07 Å². The number of aromatic amines is 1. The van der Waals surface area contributed by atoms with Crippen molar-refractivity contribution in [2.75, 3.05) is 19.8 Å². The third kappa shape index (κ3) is 9.90. The molecule has 18 nitrogen and oxygen atoms in total. The highest BCUT2D eigenvalue weighted by Crippen LogP contribution is 2.57. The van der Waals surface area contributed by atoms with E-state index in [2.05, 4.69) is 75.3 Å². The molecule has 0 amide bonds. The molecule has 332 valence electrons. The van der Waals surface area contributed by atoms with Gasteiger partial charge in [0.05, 0.1) is 44.7 Å². The molecular formula is C36H55FN6O12P2SSi2. The van der Waals surface area contributed by atoms with Crippen LogP contribution in [0, 0.1) is 23.1 Å². The van der Waals surface area contributed by atoms with Gasteiger partial charge in [-0.15, -0.1) is 0 Å². The van der Waals surface area contributed by atoms with Gasteiger partial charge in [0, 0.05) is 30.8 Å². The molecular weight excluding hydrogens is 878 g/mol. The van der Waals surface area contributed by atoms with E-state index in [4.69, 9.17) is 52.3 Å². The molecule has 0 radical (unpaired) electrons. The molecule has 3 fully saturated rings. The first-order chi connectivity index (χ1) is 28.4. The summed E-state index contributed by atoms with van der Waals surface area (Å²) in [7, 11) is -9.72. The van der Waals surface area contributed by atoms with Gasteiger partial charge in [0.15, 0.2) is 17.7 Å². The van der Waals surface area contributed by atoms with Crippen molar-refractivity contribution >= 4 is 54.9 Å². The predicted octanol–water partition coefficient (Wildman–Crippen LogP) is 6.69. The Morgan fingerprint density at radius 3 is 2.47 bits per heavy atom. The van der Waals surface area contributed by atoms with Gasteiger partial charge in [-0.05, 0) is 40.4 Å². The van der Waals surface area contributed by atoms with E-state index >= 15 is 4.39 Å². The molecule has 2 N–H and O–H groups in total. The first kappa shape index (κ1) is 47.2. The van der Waals surface area contributed by atoms with Crippen LogP contribution in [0.3, 0.4) is 0 Å². The number of nitrogens with zero attached hydrogens (tertiary/aromatic N) is 5. The van der Waals surface area contributed by atoms with Crippen molar-refractivity contribution in [2.24, 2.45) is 5.92 Å². The summed E-state index contributed by atoms with van der Waals surface area (Å²) in [6.45, 7) is 12.5. The number of nitrogens with one attached hydrogen (secondary N) is 1. The second-order valence-corrected chi connectivity index (χ2v) is 29.0. The van der Waals surface area contributed by atoms with Crippen LogP contribution in [0.4, 0.5) is 4.39 Å². The molecule has 9 atom stereocenters. The van der Waals surface area contributed by atoms with Gasteiger partial charge >= 0.3 is 32.1 Å². The lowest BCUT2D eigenvalue weighted by molar-refractivity contribution is -0.0568.